The molecule has 0 fully saturated rings. The van der Waals surface area contributed by atoms with Gasteiger partial charge in [-0.15, -0.1) is 0 Å². The first kappa shape index (κ1) is 7.34. The van der Waals surface area contributed by atoms with Crippen LogP contribution in [0.3, 0.4) is 0 Å². The molecule has 1 aliphatic rings. The van der Waals surface area contributed by atoms with E-state index in [0.29, 0.717) is 0 Å². The number of rotatable bonds is 1. The third-order valence-corrected chi connectivity index (χ3v) is 2.03. The van der Waals surface area contributed by atoms with E-state index >= 15 is 0 Å². The molecule has 2 rings (SSSR count). The standard InChI is InChI=1S/C8H9NO3/c10-8(11)7-9-5-3-1-2-4-6(5)12-7/h1-4H2,(H,10,11). The van der Waals surface area contributed by atoms with Crippen LogP contribution in [0.5, 0.6) is 0 Å². The van der Waals surface area contributed by atoms with Crippen molar-refractivity contribution in [2.75, 3.05) is 0 Å². The smallest absolute Gasteiger partial charge is 0.392 e. The fourth-order valence-corrected chi connectivity index (χ4v) is 1.44. The fraction of sp³-hybridized carbons (Fsp3) is 0.500. The molecule has 1 aromatic heterocycles. The Morgan fingerprint density at radius 2 is 2.17 bits per heavy atom. The maximum atomic E-state index is 10.5. The van der Waals surface area contributed by atoms with Gasteiger partial charge in [-0.3, -0.25) is 0 Å². The molecule has 4 nitrogen and oxygen atoms in total. The Kier molecular flexibility index (Phi) is 1.60. The van der Waals surface area contributed by atoms with E-state index in [2.05, 4.69) is 4.98 Å². The van der Waals surface area contributed by atoms with Gasteiger partial charge in [0.05, 0.1) is 5.69 Å². The molecule has 1 aliphatic carbocycles. The van der Waals surface area contributed by atoms with Crippen molar-refractivity contribution in [1.82, 2.24) is 4.98 Å². The largest absolute Gasteiger partial charge is 0.474 e. The quantitative estimate of drug-likeness (QED) is 0.683. The summed E-state index contributed by atoms with van der Waals surface area (Å²) in [7, 11) is 0. The molecule has 1 heterocycles. The van der Waals surface area contributed by atoms with Crippen LogP contribution in [0.15, 0.2) is 4.42 Å². The summed E-state index contributed by atoms with van der Waals surface area (Å²) in [6.45, 7) is 0. The zero-order valence-electron chi connectivity index (χ0n) is 6.54. The van der Waals surface area contributed by atoms with Crippen LogP contribution >= 0.6 is 0 Å². The van der Waals surface area contributed by atoms with Crippen LogP contribution in [0, 0.1) is 0 Å². The summed E-state index contributed by atoms with van der Waals surface area (Å²) in [6, 6.07) is 0. The molecule has 64 valence electrons. The normalized spacial score (nSPS) is 15.7. The van der Waals surface area contributed by atoms with Gasteiger partial charge in [0.15, 0.2) is 0 Å². The molecule has 0 saturated heterocycles. The zero-order valence-corrected chi connectivity index (χ0v) is 6.54. The first-order chi connectivity index (χ1) is 5.77. The lowest BCUT2D eigenvalue weighted by atomic mass is 10.0. The van der Waals surface area contributed by atoms with Gasteiger partial charge in [-0.2, -0.15) is 0 Å². The molecule has 0 unspecified atom stereocenters. The van der Waals surface area contributed by atoms with Crippen LogP contribution in [0.2, 0.25) is 0 Å². The third kappa shape index (κ3) is 1.09. The molecule has 12 heavy (non-hydrogen) atoms. The number of carbonyl (C=O) groups is 1. The van der Waals surface area contributed by atoms with Crippen molar-refractivity contribution in [3.8, 4) is 0 Å². The molecular weight excluding hydrogens is 158 g/mol. The SMILES string of the molecule is O=C(O)c1nc2c(o1)CCCC2. The van der Waals surface area contributed by atoms with Crippen LogP contribution in [0.25, 0.3) is 0 Å². The molecule has 1 N–H and O–H groups in total. The molecule has 4 heteroatoms. The lowest BCUT2D eigenvalue weighted by molar-refractivity contribution is 0.0651. The highest BCUT2D eigenvalue weighted by Crippen LogP contribution is 2.21. The first-order valence-electron chi connectivity index (χ1n) is 3.99. The van der Waals surface area contributed by atoms with Crippen molar-refractivity contribution >= 4 is 5.97 Å². The van der Waals surface area contributed by atoms with Crippen molar-refractivity contribution in [2.45, 2.75) is 25.7 Å². The molecule has 0 amide bonds. The van der Waals surface area contributed by atoms with Crippen molar-refractivity contribution in [1.29, 1.82) is 0 Å². The molecule has 0 atom stereocenters. The zero-order chi connectivity index (χ0) is 8.55. The second-order valence-electron chi connectivity index (χ2n) is 2.90. The molecule has 0 saturated carbocycles. The van der Waals surface area contributed by atoms with E-state index in [1.165, 1.54) is 0 Å². The number of aromatic carboxylic acids is 1. The van der Waals surface area contributed by atoms with Crippen LogP contribution in [0.4, 0.5) is 0 Å². The summed E-state index contributed by atoms with van der Waals surface area (Å²) >= 11 is 0. The second kappa shape index (κ2) is 2.62. The third-order valence-electron chi connectivity index (χ3n) is 2.03. The Balaban J connectivity index is 2.38. The second-order valence-corrected chi connectivity index (χ2v) is 2.90. The van der Waals surface area contributed by atoms with Crippen molar-refractivity contribution < 1.29 is 14.3 Å². The van der Waals surface area contributed by atoms with Gasteiger partial charge in [-0.25, -0.2) is 9.78 Å². The number of nitrogens with zero attached hydrogens (tertiary/aromatic N) is 1. The topological polar surface area (TPSA) is 63.3 Å². The fourth-order valence-electron chi connectivity index (χ4n) is 1.44. The van der Waals surface area contributed by atoms with Gasteiger partial charge in [0.1, 0.15) is 5.76 Å². The number of hydrogen-bond acceptors (Lipinski definition) is 3. The Bertz CT molecular complexity index is 293. The maximum absolute atomic E-state index is 10.5. The van der Waals surface area contributed by atoms with E-state index in [9.17, 15) is 4.79 Å². The summed E-state index contributed by atoms with van der Waals surface area (Å²) in [4.78, 5) is 14.3. The number of aromatic nitrogens is 1. The number of fused-ring (bicyclic) bond motifs is 1. The van der Waals surface area contributed by atoms with Gasteiger partial charge in [-0.05, 0) is 19.3 Å². The highest BCUT2D eigenvalue weighted by molar-refractivity contribution is 5.82. The maximum Gasteiger partial charge on any atom is 0.392 e. The van der Waals surface area contributed by atoms with Crippen molar-refractivity contribution in [3.63, 3.8) is 0 Å². The first-order valence-corrected chi connectivity index (χ1v) is 3.99. The molecule has 0 aliphatic heterocycles. The average molecular weight is 167 g/mol. The Hall–Kier alpha value is -1.32. The molecule has 0 bridgehead atoms. The number of aryl methyl sites for hydroxylation is 2. The molecule has 0 aromatic carbocycles. The number of oxazole rings is 1. The average Bonchev–Trinajstić information content (AvgIpc) is 2.46. The van der Waals surface area contributed by atoms with Gasteiger partial charge in [0.2, 0.25) is 0 Å². The van der Waals surface area contributed by atoms with E-state index in [1.807, 2.05) is 0 Å². The predicted molar refractivity (Wildman–Crippen MR) is 40.1 cm³/mol. The van der Waals surface area contributed by atoms with Gasteiger partial charge >= 0.3 is 11.9 Å². The summed E-state index contributed by atoms with van der Waals surface area (Å²) in [5.74, 6) is -0.482. The number of carboxylic acid groups (broad SMARTS) is 1. The predicted octanol–water partition coefficient (Wildman–Crippen LogP) is 1.25. The van der Waals surface area contributed by atoms with Crippen molar-refractivity contribution in [2.24, 2.45) is 0 Å². The minimum atomic E-state index is -1.08. The monoisotopic (exact) mass is 167 g/mol. The Labute approximate surface area is 69.2 Å². The minimum absolute atomic E-state index is 0.165. The Morgan fingerprint density at radius 3 is 2.83 bits per heavy atom. The molecule has 1 aromatic rings. The summed E-state index contributed by atoms with van der Waals surface area (Å²) < 4.78 is 5.06. The lowest BCUT2D eigenvalue weighted by Crippen LogP contribution is -2.00. The number of hydrogen-bond donors (Lipinski definition) is 1. The highest BCUT2D eigenvalue weighted by atomic mass is 16.4. The molecule has 0 radical (unpaired) electrons. The van der Waals surface area contributed by atoms with Crippen molar-refractivity contribution in [3.05, 3.63) is 17.3 Å². The van der Waals surface area contributed by atoms with Crippen LogP contribution in [-0.4, -0.2) is 16.1 Å². The van der Waals surface area contributed by atoms with E-state index in [-0.39, 0.29) is 5.89 Å². The van der Waals surface area contributed by atoms with E-state index in [1.54, 1.807) is 0 Å². The van der Waals surface area contributed by atoms with E-state index in [0.717, 1.165) is 37.1 Å². The summed E-state index contributed by atoms with van der Waals surface area (Å²) in [5, 5.41) is 8.58. The van der Waals surface area contributed by atoms with Gasteiger partial charge in [0.25, 0.3) is 0 Å². The minimum Gasteiger partial charge on any atom is -0.474 e. The van der Waals surface area contributed by atoms with Gasteiger partial charge < -0.3 is 9.52 Å². The van der Waals surface area contributed by atoms with Crippen LogP contribution < -0.4 is 0 Å². The molecular formula is C8H9NO3. The van der Waals surface area contributed by atoms with E-state index < -0.39 is 5.97 Å². The summed E-state index contributed by atoms with van der Waals surface area (Å²) in [5.41, 5.74) is 0.832. The molecule has 0 spiro atoms. The lowest BCUT2D eigenvalue weighted by Gasteiger charge is -2.05. The van der Waals surface area contributed by atoms with Gasteiger partial charge in [0, 0.05) is 6.42 Å². The van der Waals surface area contributed by atoms with Crippen LogP contribution in [-0.2, 0) is 12.8 Å². The van der Waals surface area contributed by atoms with Crippen LogP contribution in [0.1, 0.15) is 35.0 Å². The summed E-state index contributed by atoms with van der Waals surface area (Å²) in [6.07, 6.45) is 3.83. The number of carboxylic acids is 1. The van der Waals surface area contributed by atoms with E-state index in [4.69, 9.17) is 9.52 Å². The highest BCUT2D eigenvalue weighted by Gasteiger charge is 2.19. The van der Waals surface area contributed by atoms with Gasteiger partial charge in [-0.1, -0.05) is 0 Å². The Morgan fingerprint density at radius 1 is 1.42 bits per heavy atom.